The van der Waals surface area contributed by atoms with Crippen molar-refractivity contribution in [3.8, 4) is 5.75 Å². The number of hydrogen-bond acceptors (Lipinski definition) is 4. The number of nitrogens with zero attached hydrogens (tertiary/aromatic N) is 2. The van der Waals surface area contributed by atoms with E-state index in [1.54, 1.807) is 14.2 Å². The second kappa shape index (κ2) is 12.6. The molecule has 1 heterocycles. The van der Waals surface area contributed by atoms with Crippen molar-refractivity contribution < 1.29 is 14.3 Å². The predicted octanol–water partition coefficient (Wildman–Crippen LogP) is 3.43. The number of halogens is 1. The van der Waals surface area contributed by atoms with Gasteiger partial charge in [0.15, 0.2) is 5.96 Å². The number of para-hydroxylation sites is 1. The summed E-state index contributed by atoms with van der Waals surface area (Å²) in [4.78, 5) is 18.9. The van der Waals surface area contributed by atoms with Gasteiger partial charge in [0.2, 0.25) is 0 Å². The standard InChI is InChI=1S/C24H32N4O3.HI/c1-17-15-28(16-18(2)31-17)23(29)20-11-9-19(10-12-20)13-26-24(25-3)27-14-21-7-5-6-8-22(21)30-4;/h5-12,17-18H,13-16H2,1-4H3,(H2,25,26,27);1H. The van der Waals surface area contributed by atoms with E-state index in [4.69, 9.17) is 9.47 Å². The minimum absolute atomic E-state index is 0. The Morgan fingerprint density at radius 2 is 1.69 bits per heavy atom. The maximum atomic E-state index is 12.8. The molecule has 1 fully saturated rings. The Morgan fingerprint density at radius 1 is 1.06 bits per heavy atom. The number of carbonyl (C=O) groups is 1. The van der Waals surface area contributed by atoms with Crippen LogP contribution in [0.25, 0.3) is 0 Å². The lowest BCUT2D eigenvalue weighted by Gasteiger charge is -2.35. The second-order valence-corrected chi connectivity index (χ2v) is 7.76. The van der Waals surface area contributed by atoms with Crippen molar-refractivity contribution in [2.24, 2.45) is 4.99 Å². The average Bonchev–Trinajstić information content (AvgIpc) is 2.78. The third kappa shape index (κ3) is 7.09. The number of rotatable bonds is 6. The minimum Gasteiger partial charge on any atom is -0.496 e. The summed E-state index contributed by atoms with van der Waals surface area (Å²) in [5, 5.41) is 6.60. The van der Waals surface area contributed by atoms with Crippen molar-refractivity contribution in [2.75, 3.05) is 27.2 Å². The van der Waals surface area contributed by atoms with Gasteiger partial charge in [-0.25, -0.2) is 0 Å². The predicted molar refractivity (Wildman–Crippen MR) is 138 cm³/mol. The zero-order valence-electron chi connectivity index (χ0n) is 19.1. The van der Waals surface area contributed by atoms with E-state index >= 15 is 0 Å². The Labute approximate surface area is 207 Å². The SMILES string of the molecule is CN=C(NCc1ccc(C(=O)N2CC(C)OC(C)C2)cc1)NCc1ccccc1OC.I. The van der Waals surface area contributed by atoms with Crippen molar-refractivity contribution in [3.05, 3.63) is 65.2 Å². The molecule has 0 aliphatic carbocycles. The molecule has 174 valence electrons. The Bertz CT molecular complexity index is 894. The molecule has 0 aromatic heterocycles. The van der Waals surface area contributed by atoms with Gasteiger partial charge in [0, 0.05) is 44.4 Å². The smallest absolute Gasteiger partial charge is 0.254 e. The van der Waals surface area contributed by atoms with Gasteiger partial charge in [-0.2, -0.15) is 0 Å². The molecule has 2 atom stereocenters. The van der Waals surface area contributed by atoms with Crippen LogP contribution in [0, 0.1) is 0 Å². The molecule has 0 spiro atoms. The molecule has 0 bridgehead atoms. The highest BCUT2D eigenvalue weighted by molar-refractivity contribution is 14.0. The normalized spacial score (nSPS) is 18.5. The molecule has 1 saturated heterocycles. The van der Waals surface area contributed by atoms with Crippen LogP contribution in [-0.4, -0.2) is 56.2 Å². The molecule has 1 aliphatic heterocycles. The summed E-state index contributed by atoms with van der Waals surface area (Å²) in [5.74, 6) is 1.59. The Kier molecular flexibility index (Phi) is 10.2. The van der Waals surface area contributed by atoms with Gasteiger partial charge in [0.05, 0.1) is 19.3 Å². The third-order valence-corrected chi connectivity index (χ3v) is 5.23. The van der Waals surface area contributed by atoms with Crippen LogP contribution in [0.5, 0.6) is 5.75 Å². The van der Waals surface area contributed by atoms with Crippen LogP contribution in [-0.2, 0) is 17.8 Å². The molecule has 0 radical (unpaired) electrons. The highest BCUT2D eigenvalue weighted by Crippen LogP contribution is 2.17. The molecule has 32 heavy (non-hydrogen) atoms. The van der Waals surface area contributed by atoms with Crippen LogP contribution >= 0.6 is 24.0 Å². The maximum absolute atomic E-state index is 12.8. The first-order valence-corrected chi connectivity index (χ1v) is 10.6. The number of methoxy groups -OCH3 is 1. The van der Waals surface area contributed by atoms with Crippen LogP contribution in [0.15, 0.2) is 53.5 Å². The largest absolute Gasteiger partial charge is 0.496 e. The van der Waals surface area contributed by atoms with Crippen LogP contribution in [0.1, 0.15) is 35.3 Å². The lowest BCUT2D eigenvalue weighted by atomic mass is 10.1. The molecular formula is C24H33IN4O3. The third-order valence-electron chi connectivity index (χ3n) is 5.23. The summed E-state index contributed by atoms with van der Waals surface area (Å²) < 4.78 is 11.1. The highest BCUT2D eigenvalue weighted by atomic mass is 127. The second-order valence-electron chi connectivity index (χ2n) is 7.76. The van der Waals surface area contributed by atoms with Crippen molar-refractivity contribution in [1.29, 1.82) is 0 Å². The number of amides is 1. The summed E-state index contributed by atoms with van der Waals surface area (Å²) >= 11 is 0. The fourth-order valence-electron chi connectivity index (χ4n) is 3.73. The van der Waals surface area contributed by atoms with E-state index in [-0.39, 0.29) is 42.1 Å². The van der Waals surface area contributed by atoms with E-state index in [1.165, 1.54) is 0 Å². The first-order valence-electron chi connectivity index (χ1n) is 10.6. The fraction of sp³-hybridized carbons (Fsp3) is 0.417. The molecule has 7 nitrogen and oxygen atoms in total. The van der Waals surface area contributed by atoms with Crippen LogP contribution in [0.4, 0.5) is 0 Å². The van der Waals surface area contributed by atoms with Crippen LogP contribution in [0.2, 0.25) is 0 Å². The number of morpholine rings is 1. The fourth-order valence-corrected chi connectivity index (χ4v) is 3.73. The van der Waals surface area contributed by atoms with Crippen molar-refractivity contribution >= 4 is 35.8 Å². The number of benzene rings is 2. The number of guanidine groups is 1. The Morgan fingerprint density at radius 3 is 2.31 bits per heavy atom. The maximum Gasteiger partial charge on any atom is 0.254 e. The van der Waals surface area contributed by atoms with E-state index in [0.29, 0.717) is 37.7 Å². The molecule has 1 aliphatic rings. The Balaban J connectivity index is 0.00000363. The van der Waals surface area contributed by atoms with E-state index in [0.717, 1.165) is 16.9 Å². The van der Waals surface area contributed by atoms with Gasteiger partial charge in [-0.15, -0.1) is 24.0 Å². The number of nitrogens with one attached hydrogen (secondary N) is 2. The van der Waals surface area contributed by atoms with E-state index in [9.17, 15) is 4.79 Å². The molecule has 1 amide bonds. The van der Waals surface area contributed by atoms with Crippen LogP contribution in [0.3, 0.4) is 0 Å². The summed E-state index contributed by atoms with van der Waals surface area (Å²) in [6, 6.07) is 15.6. The van der Waals surface area contributed by atoms with Gasteiger partial charge in [-0.1, -0.05) is 30.3 Å². The molecule has 3 rings (SSSR count). The molecule has 8 heteroatoms. The number of hydrogen-bond donors (Lipinski definition) is 2. The molecule has 2 N–H and O–H groups in total. The molecule has 0 saturated carbocycles. The van der Waals surface area contributed by atoms with Crippen molar-refractivity contribution in [3.63, 3.8) is 0 Å². The average molecular weight is 552 g/mol. The lowest BCUT2D eigenvalue weighted by molar-refractivity contribution is -0.0586. The topological polar surface area (TPSA) is 75.2 Å². The highest BCUT2D eigenvalue weighted by Gasteiger charge is 2.26. The minimum atomic E-state index is 0. The van der Waals surface area contributed by atoms with Crippen molar-refractivity contribution in [2.45, 2.75) is 39.1 Å². The summed E-state index contributed by atoms with van der Waals surface area (Å²) in [5.41, 5.74) is 2.83. The van der Waals surface area contributed by atoms with Gasteiger partial charge in [0.1, 0.15) is 5.75 Å². The number of aliphatic imine (C=N–C) groups is 1. The zero-order chi connectivity index (χ0) is 22.2. The van der Waals surface area contributed by atoms with E-state index in [1.807, 2.05) is 67.3 Å². The van der Waals surface area contributed by atoms with Gasteiger partial charge < -0.3 is 25.0 Å². The lowest BCUT2D eigenvalue weighted by Crippen LogP contribution is -2.48. The number of carbonyl (C=O) groups excluding carboxylic acids is 1. The van der Waals surface area contributed by atoms with Crippen molar-refractivity contribution in [1.82, 2.24) is 15.5 Å². The molecule has 2 aromatic rings. The Hall–Kier alpha value is -2.33. The van der Waals surface area contributed by atoms with Crippen LogP contribution < -0.4 is 15.4 Å². The monoisotopic (exact) mass is 552 g/mol. The van der Waals surface area contributed by atoms with Gasteiger partial charge in [-0.05, 0) is 37.6 Å². The molecule has 2 unspecified atom stereocenters. The quantitative estimate of drug-likeness (QED) is 0.327. The summed E-state index contributed by atoms with van der Waals surface area (Å²) in [7, 11) is 3.41. The summed E-state index contributed by atoms with van der Waals surface area (Å²) in [6.45, 7) is 6.46. The first kappa shape index (κ1) is 25.9. The van der Waals surface area contributed by atoms with Gasteiger partial charge in [0.25, 0.3) is 5.91 Å². The summed E-state index contributed by atoms with van der Waals surface area (Å²) in [6.07, 6.45) is 0.123. The van der Waals surface area contributed by atoms with E-state index in [2.05, 4.69) is 15.6 Å². The first-order chi connectivity index (χ1) is 15.0. The molecular weight excluding hydrogens is 519 g/mol. The zero-order valence-corrected chi connectivity index (χ0v) is 21.5. The van der Waals surface area contributed by atoms with Gasteiger partial charge in [-0.3, -0.25) is 9.79 Å². The molecule has 2 aromatic carbocycles. The van der Waals surface area contributed by atoms with Gasteiger partial charge >= 0.3 is 0 Å². The number of ether oxygens (including phenoxy) is 2. The van der Waals surface area contributed by atoms with E-state index < -0.39 is 0 Å².